The third-order valence-corrected chi connectivity index (χ3v) is 3.82. The maximum atomic E-state index is 11.6. The third-order valence-electron chi connectivity index (χ3n) is 3.82. The number of carbonyl (C=O) groups is 1. The van der Waals surface area contributed by atoms with Gasteiger partial charge in [-0.3, -0.25) is 9.79 Å². The number of rotatable bonds is 8. The number of ether oxygens (including phenoxy) is 2. The number of hydrogen-bond donors (Lipinski definition) is 2. The standard InChI is InChI=1S/C15H30N4O3/c1-16-15(18-12-14(20)17-7-11-21-3)19(2)8-4-13-5-9-22-10-6-13/h13H,4-12H2,1-3H3,(H,16,18)(H,17,20). The van der Waals surface area contributed by atoms with E-state index in [0.29, 0.717) is 13.2 Å². The van der Waals surface area contributed by atoms with Crippen molar-refractivity contribution in [2.24, 2.45) is 10.9 Å². The van der Waals surface area contributed by atoms with Crippen molar-refractivity contribution in [1.29, 1.82) is 0 Å². The maximum absolute atomic E-state index is 11.6. The van der Waals surface area contributed by atoms with E-state index in [-0.39, 0.29) is 12.5 Å². The van der Waals surface area contributed by atoms with Crippen LogP contribution in [0.5, 0.6) is 0 Å². The second-order valence-corrected chi connectivity index (χ2v) is 5.51. The van der Waals surface area contributed by atoms with E-state index < -0.39 is 0 Å². The molecule has 1 saturated heterocycles. The summed E-state index contributed by atoms with van der Waals surface area (Å²) in [5.74, 6) is 1.41. The first-order chi connectivity index (χ1) is 10.7. The van der Waals surface area contributed by atoms with Gasteiger partial charge in [0.15, 0.2) is 5.96 Å². The lowest BCUT2D eigenvalue weighted by atomic mass is 9.96. The highest BCUT2D eigenvalue weighted by Gasteiger charge is 2.15. The minimum Gasteiger partial charge on any atom is -0.383 e. The molecule has 1 rings (SSSR count). The van der Waals surface area contributed by atoms with Gasteiger partial charge in [-0.05, 0) is 25.2 Å². The van der Waals surface area contributed by atoms with Crippen LogP contribution in [0.4, 0.5) is 0 Å². The molecular formula is C15H30N4O3. The van der Waals surface area contributed by atoms with Crippen molar-refractivity contribution >= 4 is 11.9 Å². The van der Waals surface area contributed by atoms with E-state index in [1.807, 2.05) is 7.05 Å². The number of methoxy groups -OCH3 is 1. The van der Waals surface area contributed by atoms with Crippen LogP contribution in [0.1, 0.15) is 19.3 Å². The van der Waals surface area contributed by atoms with Crippen molar-refractivity contribution in [3.05, 3.63) is 0 Å². The molecule has 0 aromatic rings. The van der Waals surface area contributed by atoms with E-state index in [2.05, 4.69) is 20.5 Å². The van der Waals surface area contributed by atoms with Crippen LogP contribution in [0.3, 0.4) is 0 Å². The number of aliphatic imine (C=N–C) groups is 1. The van der Waals surface area contributed by atoms with Crippen molar-refractivity contribution in [3.63, 3.8) is 0 Å². The van der Waals surface area contributed by atoms with Gasteiger partial charge in [-0.15, -0.1) is 0 Å². The van der Waals surface area contributed by atoms with E-state index in [0.717, 1.165) is 50.9 Å². The van der Waals surface area contributed by atoms with Crippen LogP contribution in [0.25, 0.3) is 0 Å². The fourth-order valence-corrected chi connectivity index (χ4v) is 2.42. The molecule has 1 fully saturated rings. The normalized spacial score (nSPS) is 16.4. The number of hydrogen-bond acceptors (Lipinski definition) is 4. The molecule has 1 aliphatic rings. The molecule has 1 heterocycles. The molecule has 2 N–H and O–H groups in total. The second kappa shape index (κ2) is 11.3. The molecule has 1 aliphatic heterocycles. The molecule has 0 aliphatic carbocycles. The first-order valence-electron chi connectivity index (χ1n) is 7.92. The average molecular weight is 314 g/mol. The first kappa shape index (κ1) is 18.7. The summed E-state index contributed by atoms with van der Waals surface area (Å²) in [6, 6.07) is 0. The predicted molar refractivity (Wildman–Crippen MR) is 87.0 cm³/mol. The maximum Gasteiger partial charge on any atom is 0.239 e. The lowest BCUT2D eigenvalue weighted by molar-refractivity contribution is -0.120. The highest BCUT2D eigenvalue weighted by molar-refractivity contribution is 5.86. The second-order valence-electron chi connectivity index (χ2n) is 5.51. The molecule has 0 spiro atoms. The van der Waals surface area contributed by atoms with Gasteiger partial charge in [-0.1, -0.05) is 0 Å². The molecule has 7 heteroatoms. The molecule has 0 unspecified atom stereocenters. The summed E-state index contributed by atoms with van der Waals surface area (Å²) in [5.41, 5.74) is 0. The Labute approximate surface area is 133 Å². The summed E-state index contributed by atoms with van der Waals surface area (Å²) < 4.78 is 10.3. The van der Waals surface area contributed by atoms with Gasteiger partial charge in [-0.2, -0.15) is 0 Å². The van der Waals surface area contributed by atoms with Crippen LogP contribution in [-0.4, -0.2) is 77.4 Å². The van der Waals surface area contributed by atoms with Crippen LogP contribution in [-0.2, 0) is 14.3 Å². The van der Waals surface area contributed by atoms with Crippen LogP contribution in [0, 0.1) is 5.92 Å². The van der Waals surface area contributed by atoms with Gasteiger partial charge in [0, 0.05) is 47.5 Å². The zero-order valence-corrected chi connectivity index (χ0v) is 14.1. The van der Waals surface area contributed by atoms with Gasteiger partial charge in [-0.25, -0.2) is 0 Å². The number of carbonyl (C=O) groups excluding carboxylic acids is 1. The zero-order valence-electron chi connectivity index (χ0n) is 14.1. The van der Waals surface area contributed by atoms with Crippen LogP contribution in [0.15, 0.2) is 4.99 Å². The minimum atomic E-state index is -0.0592. The number of amides is 1. The van der Waals surface area contributed by atoms with Crippen LogP contribution >= 0.6 is 0 Å². The average Bonchev–Trinajstić information content (AvgIpc) is 2.54. The Morgan fingerprint density at radius 1 is 1.36 bits per heavy atom. The highest BCUT2D eigenvalue weighted by Crippen LogP contribution is 2.18. The quantitative estimate of drug-likeness (QED) is 0.377. The molecule has 0 aromatic heterocycles. The summed E-state index contributed by atoms with van der Waals surface area (Å²) in [7, 11) is 5.34. The van der Waals surface area contributed by atoms with Gasteiger partial charge < -0.3 is 25.0 Å². The fourth-order valence-electron chi connectivity index (χ4n) is 2.42. The summed E-state index contributed by atoms with van der Waals surface area (Å²) in [5, 5.41) is 5.85. The van der Waals surface area contributed by atoms with Gasteiger partial charge in [0.25, 0.3) is 0 Å². The Kier molecular flexibility index (Phi) is 9.57. The van der Waals surface area contributed by atoms with Crippen molar-refractivity contribution < 1.29 is 14.3 Å². The Bertz CT molecular complexity index is 344. The summed E-state index contributed by atoms with van der Waals surface area (Å²) in [6.45, 7) is 3.94. The van der Waals surface area contributed by atoms with Gasteiger partial charge in [0.1, 0.15) is 0 Å². The number of nitrogens with zero attached hydrogens (tertiary/aromatic N) is 2. The highest BCUT2D eigenvalue weighted by atomic mass is 16.5. The Hall–Kier alpha value is -1.34. The fraction of sp³-hybridized carbons (Fsp3) is 0.867. The third kappa shape index (κ3) is 7.61. The van der Waals surface area contributed by atoms with Crippen LogP contribution in [0.2, 0.25) is 0 Å². The molecule has 0 bridgehead atoms. The van der Waals surface area contributed by atoms with Crippen LogP contribution < -0.4 is 10.6 Å². The molecule has 7 nitrogen and oxygen atoms in total. The Balaban J connectivity index is 2.22. The minimum absolute atomic E-state index is 0.0592. The van der Waals surface area contributed by atoms with E-state index in [1.54, 1.807) is 14.2 Å². The largest absolute Gasteiger partial charge is 0.383 e. The topological polar surface area (TPSA) is 75.2 Å². The van der Waals surface area contributed by atoms with Gasteiger partial charge >= 0.3 is 0 Å². The smallest absolute Gasteiger partial charge is 0.239 e. The molecule has 0 radical (unpaired) electrons. The zero-order chi connectivity index (χ0) is 16.2. The molecule has 0 atom stereocenters. The first-order valence-corrected chi connectivity index (χ1v) is 7.92. The van der Waals surface area contributed by atoms with E-state index >= 15 is 0 Å². The monoisotopic (exact) mass is 314 g/mol. The van der Waals surface area contributed by atoms with Crippen molar-refractivity contribution in [3.8, 4) is 0 Å². The predicted octanol–water partition coefficient (Wildman–Crippen LogP) is 0.0729. The lowest BCUT2D eigenvalue weighted by Crippen LogP contribution is -2.45. The lowest BCUT2D eigenvalue weighted by Gasteiger charge is -2.26. The van der Waals surface area contributed by atoms with Crippen molar-refractivity contribution in [2.75, 3.05) is 60.7 Å². The molecule has 22 heavy (non-hydrogen) atoms. The summed E-state index contributed by atoms with van der Waals surface area (Å²) in [6.07, 6.45) is 3.41. The van der Waals surface area contributed by atoms with E-state index in [1.165, 1.54) is 0 Å². The van der Waals surface area contributed by atoms with Gasteiger partial charge in [0.05, 0.1) is 13.2 Å². The van der Waals surface area contributed by atoms with Crippen molar-refractivity contribution in [2.45, 2.75) is 19.3 Å². The van der Waals surface area contributed by atoms with E-state index in [9.17, 15) is 4.79 Å². The summed E-state index contributed by atoms with van der Waals surface area (Å²) >= 11 is 0. The number of nitrogens with one attached hydrogen (secondary N) is 2. The molecule has 1 amide bonds. The van der Waals surface area contributed by atoms with Gasteiger partial charge in [0.2, 0.25) is 5.91 Å². The van der Waals surface area contributed by atoms with Crippen molar-refractivity contribution in [1.82, 2.24) is 15.5 Å². The summed E-state index contributed by atoms with van der Waals surface area (Å²) in [4.78, 5) is 17.9. The Morgan fingerprint density at radius 3 is 2.73 bits per heavy atom. The molecule has 128 valence electrons. The SMILES string of the molecule is CN=C(NCC(=O)NCCOC)N(C)CCC1CCOCC1. The molecular weight excluding hydrogens is 284 g/mol. The molecule has 0 saturated carbocycles. The molecule has 0 aromatic carbocycles. The Morgan fingerprint density at radius 2 is 2.09 bits per heavy atom. The van der Waals surface area contributed by atoms with E-state index in [4.69, 9.17) is 9.47 Å². The number of guanidine groups is 1.